The zero-order valence-electron chi connectivity index (χ0n) is 21.3. The average Bonchev–Trinajstić information content (AvgIpc) is 3.60. The van der Waals surface area contributed by atoms with E-state index in [1.807, 2.05) is 30.2 Å². The number of carbonyl (C=O) groups is 1. The Morgan fingerprint density at radius 1 is 1.15 bits per heavy atom. The van der Waals surface area contributed by atoms with Gasteiger partial charge in [0.2, 0.25) is 0 Å². The van der Waals surface area contributed by atoms with Crippen molar-refractivity contribution in [3.8, 4) is 11.3 Å². The van der Waals surface area contributed by atoms with Crippen molar-refractivity contribution in [2.24, 2.45) is 24.8 Å². The standard InChI is InChI=1S/C28H42N4O2.H2/c1-20(5-4-6-21-7-9-22(10-8-21)13-14-24(33)19-34-3)28-29-16-15-26(31-28)25-18-30-32(2)27(25)17-23-11-12-23;/h15-16,18,20-23H,4-14,17,19H2,1-3H3;1H. The molecule has 2 heterocycles. The molecular formula is C28H44N4O2. The summed E-state index contributed by atoms with van der Waals surface area (Å²) in [4.78, 5) is 21.3. The van der Waals surface area contributed by atoms with Gasteiger partial charge in [0.05, 0.1) is 11.9 Å². The molecule has 2 aliphatic rings. The monoisotopic (exact) mass is 468 g/mol. The first kappa shape index (κ1) is 25.0. The maximum absolute atomic E-state index is 11.7. The summed E-state index contributed by atoms with van der Waals surface area (Å²) in [5.41, 5.74) is 3.49. The molecule has 0 aromatic carbocycles. The van der Waals surface area contributed by atoms with Crippen LogP contribution < -0.4 is 0 Å². The number of hydrogen-bond donors (Lipinski definition) is 0. The van der Waals surface area contributed by atoms with Crippen LogP contribution in [0, 0.1) is 17.8 Å². The minimum atomic E-state index is 0. The second-order valence-corrected chi connectivity index (χ2v) is 10.8. The van der Waals surface area contributed by atoms with Gasteiger partial charge in [-0.1, -0.05) is 45.4 Å². The number of aromatic nitrogens is 4. The molecule has 4 rings (SSSR count). The van der Waals surface area contributed by atoms with E-state index in [-0.39, 0.29) is 13.8 Å². The lowest BCUT2D eigenvalue weighted by Gasteiger charge is -2.28. The molecule has 2 fully saturated rings. The number of ketones is 1. The number of methoxy groups -OCH3 is 1. The minimum Gasteiger partial charge on any atom is -0.377 e. The summed E-state index contributed by atoms with van der Waals surface area (Å²) >= 11 is 0. The fourth-order valence-corrected chi connectivity index (χ4v) is 5.52. The van der Waals surface area contributed by atoms with Crippen LogP contribution >= 0.6 is 0 Å². The number of rotatable bonds is 13. The fourth-order valence-electron chi connectivity index (χ4n) is 5.52. The molecule has 0 saturated heterocycles. The molecule has 0 amide bonds. The first-order valence-corrected chi connectivity index (χ1v) is 13.4. The van der Waals surface area contributed by atoms with Crippen molar-refractivity contribution in [1.82, 2.24) is 19.7 Å². The molecule has 6 nitrogen and oxygen atoms in total. The molecule has 2 aromatic rings. The molecule has 0 radical (unpaired) electrons. The molecule has 0 bridgehead atoms. The molecule has 6 heteroatoms. The predicted octanol–water partition coefficient (Wildman–Crippen LogP) is 6.15. The van der Waals surface area contributed by atoms with Crippen LogP contribution in [0.2, 0.25) is 0 Å². The highest BCUT2D eigenvalue weighted by molar-refractivity contribution is 5.79. The van der Waals surface area contributed by atoms with Gasteiger partial charge >= 0.3 is 0 Å². The lowest BCUT2D eigenvalue weighted by atomic mass is 9.77. The largest absolute Gasteiger partial charge is 0.377 e. The van der Waals surface area contributed by atoms with E-state index in [4.69, 9.17) is 9.72 Å². The summed E-state index contributed by atoms with van der Waals surface area (Å²) in [6.45, 7) is 2.53. The average molecular weight is 469 g/mol. The van der Waals surface area contributed by atoms with Crippen molar-refractivity contribution >= 4 is 5.78 Å². The minimum absolute atomic E-state index is 0. The number of nitrogens with zero attached hydrogens (tertiary/aromatic N) is 4. The summed E-state index contributed by atoms with van der Waals surface area (Å²) in [6, 6.07) is 2.03. The van der Waals surface area contributed by atoms with Gasteiger partial charge in [-0.15, -0.1) is 0 Å². The Bertz CT molecular complexity index is 935. The van der Waals surface area contributed by atoms with Crippen LogP contribution in [-0.4, -0.2) is 39.2 Å². The van der Waals surface area contributed by atoms with Gasteiger partial charge in [-0.25, -0.2) is 9.97 Å². The molecule has 1 atom stereocenters. The van der Waals surface area contributed by atoms with E-state index >= 15 is 0 Å². The highest BCUT2D eigenvalue weighted by Gasteiger charge is 2.26. The number of Topliss-reactive ketones (excluding diaryl/α,β-unsaturated/α-hetero) is 1. The van der Waals surface area contributed by atoms with E-state index in [0.29, 0.717) is 12.3 Å². The highest BCUT2D eigenvalue weighted by atomic mass is 16.5. The summed E-state index contributed by atoms with van der Waals surface area (Å²) in [7, 11) is 3.64. The van der Waals surface area contributed by atoms with Gasteiger partial charge in [0, 0.05) is 45.4 Å². The topological polar surface area (TPSA) is 69.9 Å². The van der Waals surface area contributed by atoms with Crippen molar-refractivity contribution in [3.05, 3.63) is 30.0 Å². The Morgan fingerprint density at radius 2 is 1.85 bits per heavy atom. The van der Waals surface area contributed by atoms with E-state index in [1.54, 1.807) is 7.11 Å². The van der Waals surface area contributed by atoms with Gasteiger partial charge < -0.3 is 4.74 Å². The predicted molar refractivity (Wildman–Crippen MR) is 137 cm³/mol. The van der Waals surface area contributed by atoms with Crippen molar-refractivity contribution in [3.63, 3.8) is 0 Å². The quantitative estimate of drug-likeness (QED) is 0.352. The normalized spacial score (nSPS) is 21.5. The van der Waals surface area contributed by atoms with Crippen LogP contribution in [0.5, 0.6) is 0 Å². The first-order valence-electron chi connectivity index (χ1n) is 13.4. The molecular weight excluding hydrogens is 424 g/mol. The Labute approximate surface area is 206 Å². The molecule has 34 heavy (non-hydrogen) atoms. The maximum atomic E-state index is 11.7. The zero-order chi connectivity index (χ0) is 23.9. The molecule has 0 N–H and O–H groups in total. The highest BCUT2D eigenvalue weighted by Crippen LogP contribution is 2.36. The number of aryl methyl sites for hydroxylation is 1. The van der Waals surface area contributed by atoms with Gasteiger partial charge in [0.15, 0.2) is 5.78 Å². The molecule has 188 valence electrons. The van der Waals surface area contributed by atoms with E-state index in [9.17, 15) is 4.79 Å². The van der Waals surface area contributed by atoms with Crippen LogP contribution in [0.1, 0.15) is 96.4 Å². The van der Waals surface area contributed by atoms with E-state index < -0.39 is 0 Å². The zero-order valence-corrected chi connectivity index (χ0v) is 21.3. The molecule has 2 aromatic heterocycles. The number of ether oxygens (including phenoxy) is 1. The smallest absolute Gasteiger partial charge is 0.158 e. The van der Waals surface area contributed by atoms with E-state index in [0.717, 1.165) is 48.5 Å². The molecule has 1 unspecified atom stereocenters. The van der Waals surface area contributed by atoms with Gasteiger partial charge in [-0.2, -0.15) is 5.10 Å². The maximum Gasteiger partial charge on any atom is 0.158 e. The summed E-state index contributed by atoms with van der Waals surface area (Å²) in [5.74, 6) is 3.96. The second-order valence-electron chi connectivity index (χ2n) is 10.8. The third kappa shape index (κ3) is 6.97. The number of hydrogen-bond acceptors (Lipinski definition) is 5. The molecule has 0 spiro atoms. The second kappa shape index (κ2) is 12.1. The van der Waals surface area contributed by atoms with Gasteiger partial charge in [0.25, 0.3) is 0 Å². The molecule has 0 aliphatic heterocycles. The SMILES string of the molecule is COCC(=O)CCC1CCC(CCCC(C)c2nccc(-c3cnn(C)c3CC3CC3)n2)CC1.[HH]. The number of carbonyl (C=O) groups excluding carboxylic acids is 1. The lowest BCUT2D eigenvalue weighted by Crippen LogP contribution is -2.16. The van der Waals surface area contributed by atoms with Crippen molar-refractivity contribution in [2.45, 2.75) is 89.9 Å². The van der Waals surface area contributed by atoms with Gasteiger partial charge in [-0.05, 0) is 55.9 Å². The van der Waals surface area contributed by atoms with Crippen LogP contribution in [0.15, 0.2) is 18.5 Å². The van der Waals surface area contributed by atoms with E-state index in [2.05, 4.69) is 17.0 Å². The molecule has 2 aliphatic carbocycles. The fraction of sp³-hybridized carbons (Fsp3) is 0.714. The van der Waals surface area contributed by atoms with Crippen LogP contribution in [0.3, 0.4) is 0 Å². The van der Waals surface area contributed by atoms with Crippen molar-refractivity contribution in [1.29, 1.82) is 0 Å². The summed E-state index contributed by atoms with van der Waals surface area (Å²) in [5, 5.41) is 4.52. The molecule has 2 saturated carbocycles. The van der Waals surface area contributed by atoms with Gasteiger partial charge in [0.1, 0.15) is 12.4 Å². The first-order chi connectivity index (χ1) is 16.5. The lowest BCUT2D eigenvalue weighted by molar-refractivity contribution is -0.123. The Morgan fingerprint density at radius 3 is 2.56 bits per heavy atom. The Kier molecular flexibility index (Phi) is 8.87. The van der Waals surface area contributed by atoms with Crippen LogP contribution in [0.4, 0.5) is 0 Å². The third-order valence-electron chi connectivity index (χ3n) is 7.98. The van der Waals surface area contributed by atoms with Gasteiger partial charge in [-0.3, -0.25) is 9.48 Å². The summed E-state index contributed by atoms with van der Waals surface area (Å²) in [6.07, 6.45) is 18.2. The summed E-state index contributed by atoms with van der Waals surface area (Å²) < 4.78 is 6.96. The Hall–Kier alpha value is -2.08. The van der Waals surface area contributed by atoms with Crippen LogP contribution in [-0.2, 0) is 23.0 Å². The Balaban J connectivity index is 0.00000342. The third-order valence-corrected chi connectivity index (χ3v) is 7.98. The van der Waals surface area contributed by atoms with Crippen LogP contribution in [0.25, 0.3) is 11.3 Å². The van der Waals surface area contributed by atoms with Crippen molar-refractivity contribution < 1.29 is 11.0 Å². The van der Waals surface area contributed by atoms with Crippen molar-refractivity contribution in [2.75, 3.05) is 13.7 Å². The van der Waals surface area contributed by atoms with E-state index in [1.165, 1.54) is 62.6 Å².